The van der Waals surface area contributed by atoms with Crippen LogP contribution in [0.25, 0.3) is 0 Å². The summed E-state index contributed by atoms with van der Waals surface area (Å²) in [5.74, 6) is -1.28. The van der Waals surface area contributed by atoms with Crippen LogP contribution in [0.2, 0.25) is 0 Å². The molecule has 0 fully saturated rings. The molecule has 0 unspecified atom stereocenters. The fourth-order valence-electron chi connectivity index (χ4n) is 3.39. The number of nitrogens with zero attached hydrogens (tertiary/aromatic N) is 2. The lowest BCUT2D eigenvalue weighted by atomic mass is 10.0. The minimum atomic E-state index is -3.87. The van der Waals surface area contributed by atoms with Crippen LogP contribution in [0.5, 0.6) is 5.75 Å². The molecule has 214 valence electrons. The zero-order valence-electron chi connectivity index (χ0n) is 23.8. The van der Waals surface area contributed by atoms with Crippen LogP contribution in [0.1, 0.15) is 45.7 Å². The van der Waals surface area contributed by atoms with Crippen LogP contribution in [0.4, 0.5) is 4.79 Å². The van der Waals surface area contributed by atoms with Gasteiger partial charge in [0.25, 0.3) is 0 Å². The van der Waals surface area contributed by atoms with E-state index in [9.17, 15) is 22.8 Å². The number of hydrogen-bond donors (Lipinski definition) is 1. The first-order chi connectivity index (χ1) is 17.9. The van der Waals surface area contributed by atoms with Crippen LogP contribution in [0.15, 0.2) is 54.6 Å². The molecule has 10 nitrogen and oxygen atoms in total. The summed E-state index contributed by atoms with van der Waals surface area (Å²) in [6.45, 7) is 8.10. The van der Waals surface area contributed by atoms with Crippen molar-refractivity contribution < 1.29 is 32.3 Å². The van der Waals surface area contributed by atoms with E-state index in [1.54, 1.807) is 89.5 Å². The fraction of sp³-hybridized carbons (Fsp3) is 0.464. The van der Waals surface area contributed by atoms with Crippen LogP contribution in [0, 0.1) is 0 Å². The minimum Gasteiger partial charge on any atom is -0.458 e. The average Bonchev–Trinajstić information content (AvgIpc) is 2.83. The summed E-state index contributed by atoms with van der Waals surface area (Å²) in [4.78, 5) is 39.6. The minimum absolute atomic E-state index is 0.0686. The third kappa shape index (κ3) is 9.36. The van der Waals surface area contributed by atoms with Crippen LogP contribution in [-0.2, 0) is 36.5 Å². The number of ether oxygens (including phenoxy) is 2. The lowest BCUT2D eigenvalue weighted by molar-refractivity contribution is -0.159. The molecule has 0 aliphatic rings. The van der Waals surface area contributed by atoms with Gasteiger partial charge >= 0.3 is 12.1 Å². The van der Waals surface area contributed by atoms with E-state index in [1.165, 1.54) is 25.8 Å². The summed E-state index contributed by atoms with van der Waals surface area (Å²) < 4.78 is 38.0. The summed E-state index contributed by atoms with van der Waals surface area (Å²) in [6, 6.07) is 14.1. The van der Waals surface area contributed by atoms with E-state index in [1.807, 2.05) is 0 Å². The number of carbonyl (C=O) groups is 3. The molecule has 1 atom stereocenters. The maximum Gasteiger partial charge on any atom is 0.414 e. The van der Waals surface area contributed by atoms with Gasteiger partial charge in [-0.3, -0.25) is 4.79 Å². The van der Waals surface area contributed by atoms with E-state index in [0.29, 0.717) is 16.9 Å². The SMILES string of the molecule is CN(C)C(=O)Oc1ccc(C[C@H](NC(=O)C(C)(C)N(C)S(=O)(=O)Cc2ccccc2)C(=O)OC(C)(C)C)cc1. The van der Waals surface area contributed by atoms with Crippen molar-refractivity contribution >= 4 is 28.0 Å². The number of benzene rings is 2. The molecular formula is C28H39N3O7S. The second kappa shape index (κ2) is 12.6. The first-order valence-corrected chi connectivity index (χ1v) is 14.1. The third-order valence-corrected chi connectivity index (χ3v) is 7.87. The number of sulfonamides is 1. The molecule has 0 bridgehead atoms. The second-order valence-corrected chi connectivity index (χ2v) is 12.9. The van der Waals surface area contributed by atoms with Crippen molar-refractivity contribution in [3.63, 3.8) is 0 Å². The van der Waals surface area contributed by atoms with Crippen molar-refractivity contribution in [1.29, 1.82) is 0 Å². The highest BCUT2D eigenvalue weighted by Gasteiger charge is 2.41. The van der Waals surface area contributed by atoms with E-state index >= 15 is 0 Å². The van der Waals surface area contributed by atoms with Gasteiger partial charge in [-0.2, -0.15) is 4.31 Å². The van der Waals surface area contributed by atoms with Crippen molar-refractivity contribution in [2.75, 3.05) is 21.1 Å². The molecule has 0 heterocycles. The number of hydrogen-bond acceptors (Lipinski definition) is 7. The highest BCUT2D eigenvalue weighted by Crippen LogP contribution is 2.22. The molecule has 0 radical (unpaired) electrons. The van der Waals surface area contributed by atoms with Gasteiger partial charge < -0.3 is 19.7 Å². The van der Waals surface area contributed by atoms with E-state index in [0.717, 1.165) is 4.31 Å². The van der Waals surface area contributed by atoms with Gasteiger partial charge in [0.1, 0.15) is 22.9 Å². The Kier molecular flexibility index (Phi) is 10.3. The van der Waals surface area contributed by atoms with E-state index in [4.69, 9.17) is 9.47 Å². The molecule has 0 saturated carbocycles. The number of carbonyl (C=O) groups excluding carboxylic acids is 3. The van der Waals surface area contributed by atoms with Crippen molar-refractivity contribution in [2.24, 2.45) is 0 Å². The molecule has 11 heteroatoms. The molecular weight excluding hydrogens is 522 g/mol. The Balaban J connectivity index is 2.24. The molecule has 2 aromatic rings. The molecule has 39 heavy (non-hydrogen) atoms. The van der Waals surface area contributed by atoms with Gasteiger partial charge in [-0.1, -0.05) is 42.5 Å². The van der Waals surface area contributed by atoms with Gasteiger partial charge in [0, 0.05) is 27.6 Å². The van der Waals surface area contributed by atoms with Crippen LogP contribution >= 0.6 is 0 Å². The van der Waals surface area contributed by atoms with Crippen molar-refractivity contribution in [3.8, 4) is 5.75 Å². The number of esters is 1. The molecule has 0 saturated heterocycles. The summed E-state index contributed by atoms with van der Waals surface area (Å²) in [5, 5.41) is 2.70. The quantitative estimate of drug-likeness (QED) is 0.442. The number of amides is 2. The highest BCUT2D eigenvalue weighted by molar-refractivity contribution is 7.88. The van der Waals surface area contributed by atoms with Crippen LogP contribution in [-0.4, -0.2) is 73.9 Å². The maximum absolute atomic E-state index is 13.4. The van der Waals surface area contributed by atoms with E-state index in [-0.39, 0.29) is 12.2 Å². The third-order valence-electron chi connectivity index (χ3n) is 5.88. The smallest absolute Gasteiger partial charge is 0.414 e. The van der Waals surface area contributed by atoms with E-state index < -0.39 is 45.2 Å². The van der Waals surface area contributed by atoms with Crippen LogP contribution < -0.4 is 10.1 Å². The largest absolute Gasteiger partial charge is 0.458 e. The Bertz CT molecular complexity index is 1250. The van der Waals surface area contributed by atoms with Gasteiger partial charge in [0.2, 0.25) is 15.9 Å². The summed E-state index contributed by atoms with van der Waals surface area (Å²) in [7, 11) is 0.604. The molecule has 2 rings (SSSR count). The predicted octanol–water partition coefficient (Wildman–Crippen LogP) is 3.36. The predicted molar refractivity (Wildman–Crippen MR) is 149 cm³/mol. The van der Waals surface area contributed by atoms with Crippen molar-refractivity contribution in [2.45, 2.75) is 64.0 Å². The number of likely N-dealkylation sites (N-methyl/N-ethyl adjacent to an activating group) is 1. The fourth-order valence-corrected chi connectivity index (χ4v) is 4.98. The molecule has 2 amide bonds. The van der Waals surface area contributed by atoms with Gasteiger partial charge in [-0.05, 0) is 57.9 Å². The molecule has 0 spiro atoms. The van der Waals surface area contributed by atoms with Gasteiger partial charge in [-0.25, -0.2) is 18.0 Å². The Morgan fingerprint density at radius 3 is 1.95 bits per heavy atom. The zero-order chi connectivity index (χ0) is 29.6. The maximum atomic E-state index is 13.4. The molecule has 0 aliphatic heterocycles. The van der Waals surface area contributed by atoms with Crippen molar-refractivity contribution in [3.05, 3.63) is 65.7 Å². The van der Waals surface area contributed by atoms with Gasteiger partial charge in [0.15, 0.2) is 0 Å². The zero-order valence-corrected chi connectivity index (χ0v) is 24.7. The summed E-state index contributed by atoms with van der Waals surface area (Å²) in [6.07, 6.45) is -0.464. The normalized spacial score (nSPS) is 12.9. The van der Waals surface area contributed by atoms with Gasteiger partial charge in [-0.15, -0.1) is 0 Å². The number of rotatable bonds is 10. The molecule has 0 aliphatic carbocycles. The molecule has 1 N–H and O–H groups in total. The van der Waals surface area contributed by atoms with Crippen LogP contribution in [0.3, 0.4) is 0 Å². The lowest BCUT2D eigenvalue weighted by Gasteiger charge is -2.35. The Morgan fingerprint density at radius 2 is 1.44 bits per heavy atom. The first kappa shape index (κ1) is 31.8. The topological polar surface area (TPSA) is 122 Å². The van der Waals surface area contributed by atoms with Gasteiger partial charge in [0.05, 0.1) is 5.75 Å². The standard InChI is InChI=1S/C28H39N3O7S/c1-27(2,3)38-24(32)23(18-20-14-16-22(17-15-20)37-26(34)30(6)7)29-25(33)28(4,5)31(8)39(35,36)19-21-12-10-9-11-13-21/h9-17,23H,18-19H2,1-8H3,(H,29,33)/t23-/m0/s1. The highest BCUT2D eigenvalue weighted by atomic mass is 32.2. The lowest BCUT2D eigenvalue weighted by Crippen LogP contribution is -2.59. The summed E-state index contributed by atoms with van der Waals surface area (Å²) >= 11 is 0. The Labute approximate surface area is 231 Å². The first-order valence-electron chi connectivity index (χ1n) is 12.4. The second-order valence-electron chi connectivity index (χ2n) is 10.9. The monoisotopic (exact) mass is 561 g/mol. The molecule has 0 aromatic heterocycles. The van der Waals surface area contributed by atoms with Crippen molar-refractivity contribution in [1.82, 2.24) is 14.5 Å². The van der Waals surface area contributed by atoms with E-state index in [2.05, 4.69) is 5.32 Å². The Morgan fingerprint density at radius 1 is 0.872 bits per heavy atom. The average molecular weight is 562 g/mol. The molecule has 2 aromatic carbocycles. The number of nitrogens with one attached hydrogen (secondary N) is 1. The summed E-state index contributed by atoms with van der Waals surface area (Å²) in [5.41, 5.74) is -1.07. The Hall–Kier alpha value is -3.44.